The van der Waals surface area contributed by atoms with Crippen LogP contribution in [0, 0.1) is 0 Å². The monoisotopic (exact) mass is 269 g/mol. The second kappa shape index (κ2) is 11.0. The fraction of sp³-hybridized carbons (Fsp3) is 0.800. The first-order valence-electron chi connectivity index (χ1n) is 7.57. The smallest absolute Gasteiger partial charge is 0.243 e. The molecule has 0 aromatic carbocycles. The quantitative estimate of drug-likeness (QED) is 0.430. The molecule has 1 rings (SSSR count). The minimum atomic E-state index is 0.858. The van der Waals surface area contributed by atoms with Crippen LogP contribution >= 0.6 is 0 Å². The van der Waals surface area contributed by atoms with Crippen molar-refractivity contribution in [1.82, 2.24) is 4.57 Å². The summed E-state index contributed by atoms with van der Waals surface area (Å²) in [7, 11) is 0. The van der Waals surface area contributed by atoms with Crippen molar-refractivity contribution in [1.29, 1.82) is 0 Å². The average molecular weight is 269 g/mol. The Labute approximate surface area is 117 Å². The number of ether oxygens (including phenoxy) is 2. The van der Waals surface area contributed by atoms with Crippen molar-refractivity contribution in [2.24, 2.45) is 0 Å². The molecule has 0 saturated heterocycles. The Kier molecular flexibility index (Phi) is 9.37. The molecule has 4 heteroatoms. The topological polar surface area (TPSA) is 27.3 Å². The highest BCUT2D eigenvalue weighted by molar-refractivity contribution is 4.66. The van der Waals surface area contributed by atoms with Crippen molar-refractivity contribution < 1.29 is 14.0 Å². The predicted molar refractivity (Wildman–Crippen MR) is 76.1 cm³/mol. The maximum Gasteiger partial charge on any atom is 0.243 e. The van der Waals surface area contributed by atoms with E-state index < -0.39 is 0 Å². The van der Waals surface area contributed by atoms with Crippen molar-refractivity contribution >= 4 is 0 Å². The van der Waals surface area contributed by atoms with E-state index in [-0.39, 0.29) is 0 Å². The summed E-state index contributed by atoms with van der Waals surface area (Å²) >= 11 is 0. The lowest BCUT2D eigenvalue weighted by Gasteiger charge is -2.01. The molecule has 0 aliphatic rings. The van der Waals surface area contributed by atoms with Gasteiger partial charge in [-0.15, -0.1) is 0 Å². The van der Waals surface area contributed by atoms with Gasteiger partial charge in [0.25, 0.3) is 0 Å². The predicted octanol–water partition coefficient (Wildman–Crippen LogP) is 2.41. The number of imidazole rings is 1. The van der Waals surface area contributed by atoms with Crippen LogP contribution < -0.4 is 4.57 Å². The second-order valence-corrected chi connectivity index (χ2v) is 4.82. The van der Waals surface area contributed by atoms with Crippen molar-refractivity contribution in [2.45, 2.75) is 52.6 Å². The summed E-state index contributed by atoms with van der Waals surface area (Å²) in [5.41, 5.74) is 0. The lowest BCUT2D eigenvalue weighted by molar-refractivity contribution is -0.697. The van der Waals surface area contributed by atoms with Crippen LogP contribution in [0.1, 0.15) is 39.5 Å². The molecule has 0 fully saturated rings. The van der Waals surface area contributed by atoms with Crippen LogP contribution in [0.15, 0.2) is 18.7 Å². The van der Waals surface area contributed by atoms with Gasteiger partial charge in [0.1, 0.15) is 12.4 Å². The van der Waals surface area contributed by atoms with Gasteiger partial charge in [-0.3, -0.25) is 0 Å². The zero-order valence-electron chi connectivity index (χ0n) is 12.5. The third kappa shape index (κ3) is 8.01. The average Bonchev–Trinajstić information content (AvgIpc) is 2.86. The molecule has 0 bridgehead atoms. The molecule has 1 heterocycles. The van der Waals surface area contributed by atoms with E-state index in [1.54, 1.807) is 0 Å². The number of hydrogen-bond donors (Lipinski definition) is 0. The highest BCUT2D eigenvalue weighted by atomic mass is 16.5. The third-order valence-corrected chi connectivity index (χ3v) is 2.85. The van der Waals surface area contributed by atoms with E-state index in [4.69, 9.17) is 9.47 Å². The van der Waals surface area contributed by atoms with E-state index in [1.165, 1.54) is 0 Å². The normalized spacial score (nSPS) is 11.1. The molecule has 1 aromatic rings. The van der Waals surface area contributed by atoms with Crippen LogP contribution in [0.3, 0.4) is 0 Å². The summed E-state index contributed by atoms with van der Waals surface area (Å²) in [5, 5.41) is 0. The second-order valence-electron chi connectivity index (χ2n) is 4.82. The molecule has 0 radical (unpaired) electrons. The lowest BCUT2D eigenvalue weighted by atomic mass is 10.4. The molecule has 0 atom stereocenters. The number of rotatable bonds is 12. The largest absolute Gasteiger partial charge is 0.381 e. The van der Waals surface area contributed by atoms with Crippen LogP contribution in [0.4, 0.5) is 0 Å². The molecule has 0 aliphatic carbocycles. The summed E-state index contributed by atoms with van der Waals surface area (Å²) in [6.07, 6.45) is 10.8. The van der Waals surface area contributed by atoms with Crippen molar-refractivity contribution in [2.75, 3.05) is 26.4 Å². The highest BCUT2D eigenvalue weighted by Gasteiger charge is 2.03. The number of nitrogens with zero attached hydrogens (tertiary/aromatic N) is 2. The molecule has 19 heavy (non-hydrogen) atoms. The van der Waals surface area contributed by atoms with Gasteiger partial charge < -0.3 is 9.47 Å². The molecule has 4 nitrogen and oxygen atoms in total. The van der Waals surface area contributed by atoms with Crippen molar-refractivity contribution in [3.8, 4) is 0 Å². The van der Waals surface area contributed by atoms with Crippen molar-refractivity contribution in [3.63, 3.8) is 0 Å². The van der Waals surface area contributed by atoms with Gasteiger partial charge >= 0.3 is 0 Å². The summed E-state index contributed by atoms with van der Waals surface area (Å²) < 4.78 is 15.4. The first kappa shape index (κ1) is 16.2. The van der Waals surface area contributed by atoms with Gasteiger partial charge in [-0.1, -0.05) is 13.8 Å². The molecule has 0 saturated carbocycles. The maximum absolute atomic E-state index is 5.48. The minimum Gasteiger partial charge on any atom is -0.381 e. The molecule has 0 spiro atoms. The molecule has 0 unspecified atom stereocenters. The summed E-state index contributed by atoms with van der Waals surface area (Å²) in [6, 6.07) is 0. The summed E-state index contributed by atoms with van der Waals surface area (Å²) in [6.45, 7) is 9.81. The molecule has 0 N–H and O–H groups in total. The van der Waals surface area contributed by atoms with Crippen LogP contribution in [-0.2, 0) is 22.6 Å². The molecular formula is C15H29N2O2+. The van der Waals surface area contributed by atoms with Gasteiger partial charge in [-0.2, -0.15) is 0 Å². The number of aryl methyl sites for hydroxylation is 2. The maximum atomic E-state index is 5.48. The molecular weight excluding hydrogens is 240 g/mol. The van der Waals surface area contributed by atoms with Crippen molar-refractivity contribution in [3.05, 3.63) is 18.7 Å². The molecule has 1 aromatic heterocycles. The Bertz CT molecular complexity index is 284. The van der Waals surface area contributed by atoms with Gasteiger partial charge in [0.05, 0.1) is 26.3 Å². The van der Waals surface area contributed by atoms with Gasteiger partial charge in [-0.05, 0) is 12.8 Å². The fourth-order valence-electron chi connectivity index (χ4n) is 1.89. The van der Waals surface area contributed by atoms with E-state index in [2.05, 4.69) is 41.7 Å². The molecule has 110 valence electrons. The Morgan fingerprint density at radius 1 is 0.947 bits per heavy atom. The Hall–Kier alpha value is -0.870. The van der Waals surface area contributed by atoms with Crippen LogP contribution in [0.2, 0.25) is 0 Å². The van der Waals surface area contributed by atoms with Crippen LogP contribution in [-0.4, -0.2) is 31.0 Å². The zero-order chi connectivity index (χ0) is 13.8. The minimum absolute atomic E-state index is 0.858. The fourth-order valence-corrected chi connectivity index (χ4v) is 1.89. The van der Waals surface area contributed by atoms with Gasteiger partial charge in [0, 0.05) is 26.1 Å². The van der Waals surface area contributed by atoms with Gasteiger partial charge in [0.2, 0.25) is 6.33 Å². The highest BCUT2D eigenvalue weighted by Crippen LogP contribution is 1.93. The van der Waals surface area contributed by atoms with Crippen LogP contribution in [0.25, 0.3) is 0 Å². The van der Waals surface area contributed by atoms with E-state index in [0.717, 1.165) is 65.2 Å². The van der Waals surface area contributed by atoms with Gasteiger partial charge in [-0.25, -0.2) is 9.13 Å². The Morgan fingerprint density at radius 2 is 1.63 bits per heavy atom. The zero-order valence-corrected chi connectivity index (χ0v) is 12.5. The summed E-state index contributed by atoms with van der Waals surface area (Å²) in [5.74, 6) is 0. The van der Waals surface area contributed by atoms with E-state index in [1.807, 2.05) is 0 Å². The van der Waals surface area contributed by atoms with E-state index in [0.29, 0.717) is 0 Å². The molecule has 0 aliphatic heterocycles. The molecule has 0 amide bonds. The summed E-state index contributed by atoms with van der Waals surface area (Å²) in [4.78, 5) is 0. The first-order chi connectivity index (χ1) is 9.36. The van der Waals surface area contributed by atoms with E-state index in [9.17, 15) is 0 Å². The third-order valence-electron chi connectivity index (χ3n) is 2.85. The Morgan fingerprint density at radius 3 is 2.32 bits per heavy atom. The Balaban J connectivity index is 2.07. The SMILES string of the molecule is CCCOCCCn1cc[n+](CCCOCCC)c1. The first-order valence-corrected chi connectivity index (χ1v) is 7.57. The number of hydrogen-bond acceptors (Lipinski definition) is 2. The van der Waals surface area contributed by atoms with E-state index >= 15 is 0 Å². The van der Waals surface area contributed by atoms with Gasteiger partial charge in [0.15, 0.2) is 0 Å². The standard InChI is InChI=1S/C15H29N2O2/c1-3-11-18-13-5-7-16-9-10-17(15-16)8-6-14-19-12-4-2/h9-10,15H,3-8,11-14H2,1-2H3/q+1. The lowest BCUT2D eigenvalue weighted by Crippen LogP contribution is -2.31. The number of aromatic nitrogens is 2. The van der Waals surface area contributed by atoms with Crippen LogP contribution in [0.5, 0.6) is 0 Å².